The summed E-state index contributed by atoms with van der Waals surface area (Å²) in [6, 6.07) is 0.362. The van der Waals surface area contributed by atoms with Gasteiger partial charge in [0.15, 0.2) is 0 Å². The second-order valence-corrected chi connectivity index (χ2v) is 5.51. The lowest BCUT2D eigenvalue weighted by atomic mass is 10.1. The number of piperidine rings is 1. The molecule has 2 rings (SSSR count). The molecule has 0 atom stereocenters. The number of halogens is 2. The van der Waals surface area contributed by atoms with Crippen molar-refractivity contribution in [3.05, 3.63) is 12.7 Å². The molecule has 6 heteroatoms. The second-order valence-electron chi connectivity index (χ2n) is 5.51. The number of hydrogen-bond donors (Lipinski definition) is 2. The van der Waals surface area contributed by atoms with Gasteiger partial charge in [-0.1, -0.05) is 6.08 Å². The summed E-state index contributed by atoms with van der Waals surface area (Å²) in [5.41, 5.74) is 0. The first kappa shape index (κ1) is 19.7. The number of amides is 1. The van der Waals surface area contributed by atoms with Gasteiger partial charge in [-0.2, -0.15) is 0 Å². The van der Waals surface area contributed by atoms with Crippen LogP contribution in [0.1, 0.15) is 25.7 Å². The van der Waals surface area contributed by atoms with Crippen LogP contribution < -0.4 is 10.6 Å². The SMILES string of the molecule is C=CCN1CCC(NC(=O)CNCC2CC2)CC1.Cl.Cl. The summed E-state index contributed by atoms with van der Waals surface area (Å²) in [4.78, 5) is 14.1. The van der Waals surface area contributed by atoms with E-state index < -0.39 is 0 Å². The Kier molecular flexibility index (Phi) is 10.3. The van der Waals surface area contributed by atoms with Gasteiger partial charge in [-0.25, -0.2) is 0 Å². The molecule has 2 N–H and O–H groups in total. The zero-order valence-electron chi connectivity index (χ0n) is 12.0. The molecule has 1 saturated carbocycles. The third-order valence-corrected chi connectivity index (χ3v) is 3.76. The maximum atomic E-state index is 11.7. The monoisotopic (exact) mass is 323 g/mol. The van der Waals surface area contributed by atoms with E-state index in [1.54, 1.807) is 0 Å². The Morgan fingerprint density at radius 1 is 1.20 bits per heavy atom. The number of carbonyl (C=O) groups excluding carboxylic acids is 1. The van der Waals surface area contributed by atoms with Crippen LogP contribution >= 0.6 is 24.8 Å². The number of nitrogens with one attached hydrogen (secondary N) is 2. The first-order valence-electron chi connectivity index (χ1n) is 7.11. The second kappa shape index (κ2) is 10.4. The van der Waals surface area contributed by atoms with Crippen LogP contribution in [0.5, 0.6) is 0 Å². The summed E-state index contributed by atoms with van der Waals surface area (Å²) in [7, 11) is 0. The number of carbonyl (C=O) groups is 1. The zero-order valence-corrected chi connectivity index (χ0v) is 13.6. The molecule has 118 valence electrons. The Labute approximate surface area is 134 Å². The van der Waals surface area contributed by atoms with Crippen molar-refractivity contribution in [3.63, 3.8) is 0 Å². The first-order valence-corrected chi connectivity index (χ1v) is 7.11. The van der Waals surface area contributed by atoms with Crippen molar-refractivity contribution in [2.75, 3.05) is 32.7 Å². The third kappa shape index (κ3) is 7.48. The molecule has 0 aromatic heterocycles. The maximum Gasteiger partial charge on any atom is 0.234 e. The molecule has 0 bridgehead atoms. The van der Waals surface area contributed by atoms with Gasteiger partial charge in [0.25, 0.3) is 0 Å². The molecule has 2 aliphatic rings. The van der Waals surface area contributed by atoms with Crippen LogP contribution in [0, 0.1) is 5.92 Å². The van der Waals surface area contributed by atoms with Gasteiger partial charge in [0.2, 0.25) is 5.91 Å². The zero-order chi connectivity index (χ0) is 12.8. The average molecular weight is 324 g/mol. The highest BCUT2D eigenvalue weighted by molar-refractivity contribution is 5.85. The van der Waals surface area contributed by atoms with E-state index >= 15 is 0 Å². The molecule has 1 saturated heterocycles. The molecule has 0 aromatic carbocycles. The normalized spacial score (nSPS) is 19.6. The van der Waals surface area contributed by atoms with E-state index in [2.05, 4.69) is 22.1 Å². The summed E-state index contributed by atoms with van der Waals surface area (Å²) < 4.78 is 0. The third-order valence-electron chi connectivity index (χ3n) is 3.76. The van der Waals surface area contributed by atoms with E-state index in [9.17, 15) is 4.79 Å². The van der Waals surface area contributed by atoms with E-state index in [0.717, 1.165) is 44.9 Å². The Balaban J connectivity index is 0.00000180. The van der Waals surface area contributed by atoms with Crippen molar-refractivity contribution in [2.24, 2.45) is 5.92 Å². The van der Waals surface area contributed by atoms with E-state index in [-0.39, 0.29) is 30.7 Å². The van der Waals surface area contributed by atoms with Crippen molar-refractivity contribution in [1.82, 2.24) is 15.5 Å². The molecule has 1 amide bonds. The van der Waals surface area contributed by atoms with E-state index in [4.69, 9.17) is 0 Å². The summed E-state index contributed by atoms with van der Waals surface area (Å²) >= 11 is 0. The fraction of sp³-hybridized carbons (Fsp3) is 0.786. The van der Waals surface area contributed by atoms with Crippen LogP contribution in [0.4, 0.5) is 0 Å². The van der Waals surface area contributed by atoms with Crippen molar-refractivity contribution < 1.29 is 4.79 Å². The van der Waals surface area contributed by atoms with Crippen molar-refractivity contribution in [3.8, 4) is 0 Å². The summed E-state index contributed by atoms with van der Waals surface area (Å²) in [6.07, 6.45) is 6.72. The molecule has 0 spiro atoms. The van der Waals surface area contributed by atoms with E-state index in [1.165, 1.54) is 12.8 Å². The maximum absolute atomic E-state index is 11.7. The van der Waals surface area contributed by atoms with Crippen molar-refractivity contribution in [2.45, 2.75) is 31.7 Å². The fourth-order valence-electron chi connectivity index (χ4n) is 2.43. The molecule has 2 fully saturated rings. The highest BCUT2D eigenvalue weighted by Gasteiger charge is 2.22. The van der Waals surface area contributed by atoms with E-state index in [1.807, 2.05) is 6.08 Å². The molecule has 1 aliphatic carbocycles. The molecule has 1 heterocycles. The van der Waals surface area contributed by atoms with Gasteiger partial charge in [-0.15, -0.1) is 31.4 Å². The first-order chi connectivity index (χ1) is 8.78. The van der Waals surface area contributed by atoms with E-state index in [0.29, 0.717) is 12.6 Å². The number of hydrogen-bond acceptors (Lipinski definition) is 3. The summed E-state index contributed by atoms with van der Waals surface area (Å²) in [5.74, 6) is 0.984. The number of rotatable bonds is 7. The topological polar surface area (TPSA) is 44.4 Å². The molecule has 0 aromatic rings. The van der Waals surface area contributed by atoms with Crippen LogP contribution in [0.2, 0.25) is 0 Å². The van der Waals surface area contributed by atoms with Crippen molar-refractivity contribution in [1.29, 1.82) is 0 Å². The largest absolute Gasteiger partial charge is 0.352 e. The van der Waals surface area contributed by atoms with Gasteiger partial charge in [0, 0.05) is 25.7 Å². The molecule has 0 unspecified atom stereocenters. The van der Waals surface area contributed by atoms with Gasteiger partial charge in [0.05, 0.1) is 6.54 Å². The molecule has 4 nitrogen and oxygen atoms in total. The van der Waals surface area contributed by atoms with Gasteiger partial charge >= 0.3 is 0 Å². The molecule has 20 heavy (non-hydrogen) atoms. The minimum atomic E-state index is 0. The highest BCUT2D eigenvalue weighted by atomic mass is 35.5. The van der Waals surface area contributed by atoms with Crippen LogP contribution in [0.15, 0.2) is 12.7 Å². The Morgan fingerprint density at radius 3 is 2.40 bits per heavy atom. The van der Waals surface area contributed by atoms with Crippen LogP contribution in [0.3, 0.4) is 0 Å². The molecule has 0 radical (unpaired) electrons. The quantitative estimate of drug-likeness (QED) is 0.699. The Bertz CT molecular complexity index is 290. The Morgan fingerprint density at radius 2 is 1.85 bits per heavy atom. The highest BCUT2D eigenvalue weighted by Crippen LogP contribution is 2.27. The number of likely N-dealkylation sites (tertiary alicyclic amines) is 1. The van der Waals surface area contributed by atoms with Gasteiger partial charge < -0.3 is 10.6 Å². The molecular weight excluding hydrogens is 297 g/mol. The van der Waals surface area contributed by atoms with Gasteiger partial charge in [0.1, 0.15) is 0 Å². The standard InChI is InChI=1S/C14H25N3O.2ClH/c1-2-7-17-8-5-13(6-9-17)16-14(18)11-15-10-12-3-4-12;;/h2,12-13,15H,1,3-11H2,(H,16,18);2*1H. The minimum absolute atomic E-state index is 0. The van der Waals surface area contributed by atoms with Crippen LogP contribution in [0.25, 0.3) is 0 Å². The summed E-state index contributed by atoms with van der Waals surface area (Å²) in [5, 5.41) is 6.35. The lowest BCUT2D eigenvalue weighted by Crippen LogP contribution is -2.47. The van der Waals surface area contributed by atoms with Crippen LogP contribution in [-0.4, -0.2) is 49.6 Å². The molecule has 1 aliphatic heterocycles. The molecular formula is C14H27Cl2N3O. The lowest BCUT2D eigenvalue weighted by Gasteiger charge is -2.31. The number of nitrogens with zero attached hydrogens (tertiary/aromatic N) is 1. The average Bonchev–Trinajstić information content (AvgIpc) is 3.16. The van der Waals surface area contributed by atoms with Crippen molar-refractivity contribution >= 4 is 30.7 Å². The predicted octanol–water partition coefficient (Wildman–Crippen LogP) is 1.60. The lowest BCUT2D eigenvalue weighted by molar-refractivity contribution is -0.121. The van der Waals surface area contributed by atoms with Gasteiger partial charge in [-0.3, -0.25) is 9.69 Å². The fourth-order valence-corrected chi connectivity index (χ4v) is 2.43. The smallest absolute Gasteiger partial charge is 0.234 e. The van der Waals surface area contributed by atoms with Gasteiger partial charge in [-0.05, 0) is 38.1 Å². The van der Waals surface area contributed by atoms with Crippen LogP contribution in [-0.2, 0) is 4.79 Å². The predicted molar refractivity (Wildman–Crippen MR) is 87.9 cm³/mol. The Hall–Kier alpha value is -0.290. The summed E-state index contributed by atoms with van der Waals surface area (Å²) in [6.45, 7) is 8.32. The minimum Gasteiger partial charge on any atom is -0.352 e.